The lowest BCUT2D eigenvalue weighted by Gasteiger charge is -2.18. The van der Waals surface area contributed by atoms with Crippen LogP contribution in [-0.4, -0.2) is 33.1 Å². The van der Waals surface area contributed by atoms with Crippen molar-refractivity contribution in [3.8, 4) is 5.75 Å². The molecule has 0 saturated carbocycles. The van der Waals surface area contributed by atoms with Crippen molar-refractivity contribution in [2.75, 3.05) is 6.61 Å². The van der Waals surface area contributed by atoms with E-state index < -0.39 is 18.8 Å². The predicted octanol–water partition coefficient (Wildman–Crippen LogP) is 1.30. The predicted molar refractivity (Wildman–Crippen MR) is 61.6 cm³/mol. The Hall–Kier alpha value is -0.140. The second kappa shape index (κ2) is 5.27. The van der Waals surface area contributed by atoms with Crippen molar-refractivity contribution in [1.29, 1.82) is 0 Å². The zero-order valence-corrected chi connectivity index (χ0v) is 10.7. The molecule has 1 aromatic carbocycles. The van der Waals surface area contributed by atoms with Crippen LogP contribution in [0.5, 0.6) is 5.75 Å². The highest BCUT2D eigenvalue weighted by Gasteiger charge is 2.22. The third-order valence-corrected chi connectivity index (χ3v) is 2.99. The highest BCUT2D eigenvalue weighted by molar-refractivity contribution is 9.11. The normalized spacial score (nSPS) is 15.0. The van der Waals surface area contributed by atoms with Crippen molar-refractivity contribution in [3.63, 3.8) is 0 Å². The quantitative estimate of drug-likeness (QED) is 0.668. The maximum absolute atomic E-state index is 9.62. The van der Waals surface area contributed by atoms with Crippen LogP contribution in [0.3, 0.4) is 0 Å². The van der Waals surface area contributed by atoms with Gasteiger partial charge in [-0.3, -0.25) is 0 Å². The molecule has 0 bridgehead atoms. The summed E-state index contributed by atoms with van der Waals surface area (Å²) >= 11 is 6.29. The van der Waals surface area contributed by atoms with E-state index in [4.69, 9.17) is 5.11 Å². The number of hydrogen-bond acceptors (Lipinski definition) is 4. The smallest absolute Gasteiger partial charge is 0.135 e. The molecule has 0 aliphatic carbocycles. The van der Waals surface area contributed by atoms with Crippen LogP contribution in [0.2, 0.25) is 0 Å². The van der Waals surface area contributed by atoms with Crippen LogP contribution in [0.15, 0.2) is 21.1 Å². The maximum Gasteiger partial charge on any atom is 0.135 e. The number of halogens is 2. The van der Waals surface area contributed by atoms with Gasteiger partial charge in [0.25, 0.3) is 0 Å². The lowest BCUT2D eigenvalue weighted by Crippen LogP contribution is -2.22. The Morgan fingerprint density at radius 3 is 2.33 bits per heavy atom. The molecule has 0 amide bonds. The Morgan fingerprint density at radius 1 is 1.20 bits per heavy atom. The molecule has 2 unspecified atom stereocenters. The molecule has 4 nitrogen and oxygen atoms in total. The van der Waals surface area contributed by atoms with E-state index >= 15 is 0 Å². The third-order valence-electron chi connectivity index (χ3n) is 1.93. The number of aliphatic hydroxyl groups is 3. The van der Waals surface area contributed by atoms with E-state index in [-0.39, 0.29) is 11.3 Å². The SMILES string of the molecule is OCC(O)C(O)c1cc(Br)cc(Br)c1O. The van der Waals surface area contributed by atoms with Gasteiger partial charge in [0.15, 0.2) is 0 Å². The van der Waals surface area contributed by atoms with E-state index in [0.29, 0.717) is 8.95 Å². The lowest BCUT2D eigenvalue weighted by molar-refractivity contribution is -0.0162. The second-order valence-corrected chi connectivity index (χ2v) is 4.79. The number of aliphatic hydroxyl groups excluding tert-OH is 3. The summed E-state index contributed by atoms with van der Waals surface area (Å²) in [6, 6.07) is 3.08. The topological polar surface area (TPSA) is 80.9 Å². The Kier molecular flexibility index (Phi) is 4.54. The fourth-order valence-electron chi connectivity index (χ4n) is 1.12. The molecule has 1 aromatic rings. The first-order valence-electron chi connectivity index (χ1n) is 4.12. The van der Waals surface area contributed by atoms with Crippen molar-refractivity contribution >= 4 is 31.9 Å². The minimum absolute atomic E-state index is 0.151. The van der Waals surface area contributed by atoms with Gasteiger partial charge in [-0.05, 0) is 28.1 Å². The minimum atomic E-state index is -1.33. The van der Waals surface area contributed by atoms with E-state index in [1.807, 2.05) is 0 Å². The summed E-state index contributed by atoms with van der Waals surface area (Å²) in [4.78, 5) is 0. The van der Waals surface area contributed by atoms with Crippen LogP contribution in [-0.2, 0) is 0 Å². The summed E-state index contributed by atoms with van der Waals surface area (Å²) < 4.78 is 1.04. The van der Waals surface area contributed by atoms with E-state index in [9.17, 15) is 15.3 Å². The molecule has 15 heavy (non-hydrogen) atoms. The summed E-state index contributed by atoms with van der Waals surface area (Å²) in [7, 11) is 0. The van der Waals surface area contributed by atoms with Crippen molar-refractivity contribution in [1.82, 2.24) is 0 Å². The number of phenols is 1. The summed E-state index contributed by atoms with van der Waals surface area (Å²) in [5.41, 5.74) is 0.151. The molecule has 0 aliphatic rings. The van der Waals surface area contributed by atoms with Gasteiger partial charge in [0.05, 0.1) is 11.1 Å². The van der Waals surface area contributed by atoms with Crippen molar-refractivity contribution in [2.24, 2.45) is 0 Å². The monoisotopic (exact) mass is 340 g/mol. The van der Waals surface area contributed by atoms with Gasteiger partial charge in [-0.2, -0.15) is 0 Å². The van der Waals surface area contributed by atoms with Crippen LogP contribution < -0.4 is 0 Å². The van der Waals surface area contributed by atoms with E-state index in [1.165, 1.54) is 6.07 Å². The van der Waals surface area contributed by atoms with Crippen molar-refractivity contribution in [3.05, 3.63) is 26.6 Å². The van der Waals surface area contributed by atoms with Gasteiger partial charge < -0.3 is 20.4 Å². The molecule has 0 spiro atoms. The second-order valence-electron chi connectivity index (χ2n) is 3.02. The average Bonchev–Trinajstić information content (AvgIpc) is 2.21. The number of phenolic OH excluding ortho intramolecular Hbond substituents is 1. The third kappa shape index (κ3) is 2.92. The summed E-state index contributed by atoms with van der Waals surface area (Å²) in [6.45, 7) is -0.579. The number of rotatable bonds is 3. The van der Waals surface area contributed by atoms with Crippen LogP contribution in [0, 0.1) is 0 Å². The Bertz CT molecular complexity index is 356. The zero-order valence-electron chi connectivity index (χ0n) is 7.56. The standard InChI is InChI=1S/C9H10Br2O4/c10-4-1-5(8(14)6(11)2-4)9(15)7(13)3-12/h1-2,7,9,12-15H,3H2. The summed E-state index contributed by atoms with van der Waals surface area (Å²) in [5, 5.41) is 37.1. The number of aromatic hydroxyl groups is 1. The number of hydrogen-bond donors (Lipinski definition) is 4. The minimum Gasteiger partial charge on any atom is -0.506 e. The molecule has 2 atom stereocenters. The van der Waals surface area contributed by atoms with Crippen molar-refractivity contribution < 1.29 is 20.4 Å². The van der Waals surface area contributed by atoms with Crippen LogP contribution in [0.4, 0.5) is 0 Å². The first kappa shape index (κ1) is 12.9. The molecule has 0 aliphatic heterocycles. The molecular formula is C9H10Br2O4. The molecular weight excluding hydrogens is 332 g/mol. The van der Waals surface area contributed by atoms with Crippen LogP contribution in [0.25, 0.3) is 0 Å². The fraction of sp³-hybridized carbons (Fsp3) is 0.333. The molecule has 0 fully saturated rings. The molecule has 0 saturated heterocycles. The highest BCUT2D eigenvalue weighted by atomic mass is 79.9. The molecule has 0 radical (unpaired) electrons. The molecule has 4 N–H and O–H groups in total. The number of benzene rings is 1. The fourth-order valence-corrected chi connectivity index (χ4v) is 2.38. The summed E-state index contributed by atoms with van der Waals surface area (Å²) in [6.07, 6.45) is -2.65. The van der Waals surface area contributed by atoms with E-state index in [2.05, 4.69) is 31.9 Å². The van der Waals surface area contributed by atoms with Gasteiger partial charge in [0, 0.05) is 10.0 Å². The van der Waals surface area contributed by atoms with Crippen LogP contribution in [0.1, 0.15) is 11.7 Å². The molecule has 6 heteroatoms. The molecule has 1 rings (SSSR count). The van der Waals surface area contributed by atoms with Gasteiger partial charge in [0.2, 0.25) is 0 Å². The molecule has 0 heterocycles. The van der Waals surface area contributed by atoms with E-state index in [0.717, 1.165) is 0 Å². The summed E-state index contributed by atoms with van der Waals surface area (Å²) in [5.74, 6) is -0.154. The highest BCUT2D eigenvalue weighted by Crippen LogP contribution is 2.36. The first-order valence-corrected chi connectivity index (χ1v) is 5.71. The molecule has 0 aromatic heterocycles. The Morgan fingerprint density at radius 2 is 1.80 bits per heavy atom. The van der Waals surface area contributed by atoms with Gasteiger partial charge >= 0.3 is 0 Å². The average molecular weight is 342 g/mol. The molecule has 84 valence electrons. The van der Waals surface area contributed by atoms with Crippen LogP contribution >= 0.6 is 31.9 Å². The zero-order chi connectivity index (χ0) is 11.6. The largest absolute Gasteiger partial charge is 0.506 e. The van der Waals surface area contributed by atoms with Gasteiger partial charge in [0.1, 0.15) is 18.0 Å². The van der Waals surface area contributed by atoms with Crippen molar-refractivity contribution in [2.45, 2.75) is 12.2 Å². The maximum atomic E-state index is 9.62. The van der Waals surface area contributed by atoms with Gasteiger partial charge in [-0.15, -0.1) is 0 Å². The first-order chi connectivity index (χ1) is 6.97. The van der Waals surface area contributed by atoms with E-state index in [1.54, 1.807) is 6.07 Å². The lowest BCUT2D eigenvalue weighted by atomic mass is 10.0. The Labute approximate surface area is 103 Å². The van der Waals surface area contributed by atoms with Gasteiger partial charge in [-0.1, -0.05) is 15.9 Å². The van der Waals surface area contributed by atoms with Gasteiger partial charge in [-0.25, -0.2) is 0 Å². The Balaban J connectivity index is 3.13.